The van der Waals surface area contributed by atoms with Crippen molar-refractivity contribution in [2.45, 2.75) is 32.9 Å². The molecule has 2 heterocycles. The lowest BCUT2D eigenvalue weighted by atomic mass is 10.1. The standard InChI is InChI=1S/C24H23FN4O4/c1-3-33-23(31)16(2)28-15-26-21-20(28)22(30)27(14-13-17-7-5-4-6-8-17)24(32)29(21)19-11-9-18(25)10-12-19/h4-12,15-16H,3,13-14H2,1-2H3/t16-/m0/s1. The van der Waals surface area contributed by atoms with Gasteiger partial charge in [-0.2, -0.15) is 0 Å². The van der Waals surface area contributed by atoms with Gasteiger partial charge in [0.15, 0.2) is 11.2 Å². The first-order chi connectivity index (χ1) is 15.9. The Bertz CT molecular complexity index is 1400. The van der Waals surface area contributed by atoms with Gasteiger partial charge in [-0.3, -0.25) is 9.36 Å². The molecule has 0 N–H and O–H groups in total. The quantitative estimate of drug-likeness (QED) is 0.404. The lowest BCUT2D eigenvalue weighted by Gasteiger charge is -2.15. The first-order valence-corrected chi connectivity index (χ1v) is 10.6. The number of ether oxygens (including phenoxy) is 1. The second-order valence-corrected chi connectivity index (χ2v) is 7.54. The third kappa shape index (κ3) is 4.21. The summed E-state index contributed by atoms with van der Waals surface area (Å²) in [6.07, 6.45) is 1.79. The molecule has 0 saturated carbocycles. The van der Waals surface area contributed by atoms with Crippen molar-refractivity contribution >= 4 is 17.1 Å². The van der Waals surface area contributed by atoms with E-state index in [0.717, 1.165) is 10.1 Å². The van der Waals surface area contributed by atoms with Crippen LogP contribution < -0.4 is 11.2 Å². The van der Waals surface area contributed by atoms with Gasteiger partial charge >= 0.3 is 11.7 Å². The summed E-state index contributed by atoms with van der Waals surface area (Å²) < 4.78 is 22.4. The zero-order valence-electron chi connectivity index (χ0n) is 18.3. The van der Waals surface area contributed by atoms with E-state index in [-0.39, 0.29) is 24.3 Å². The summed E-state index contributed by atoms with van der Waals surface area (Å²) in [7, 11) is 0. The van der Waals surface area contributed by atoms with Crippen molar-refractivity contribution in [3.63, 3.8) is 0 Å². The lowest BCUT2D eigenvalue weighted by molar-refractivity contribution is -0.146. The molecule has 0 aliphatic heterocycles. The van der Waals surface area contributed by atoms with Gasteiger partial charge < -0.3 is 9.30 Å². The van der Waals surface area contributed by atoms with Crippen LogP contribution in [-0.4, -0.2) is 31.3 Å². The van der Waals surface area contributed by atoms with Gasteiger partial charge in [-0.15, -0.1) is 0 Å². The van der Waals surface area contributed by atoms with Gasteiger partial charge in [0.05, 0.1) is 18.6 Å². The molecule has 0 fully saturated rings. The number of carbonyl (C=O) groups excluding carboxylic acids is 1. The van der Waals surface area contributed by atoms with Gasteiger partial charge in [0.25, 0.3) is 5.56 Å². The Morgan fingerprint density at radius 1 is 1.09 bits per heavy atom. The molecular weight excluding hydrogens is 427 g/mol. The normalized spacial score (nSPS) is 12.1. The molecule has 8 nitrogen and oxygen atoms in total. The Morgan fingerprint density at radius 2 is 1.79 bits per heavy atom. The minimum Gasteiger partial charge on any atom is -0.464 e. The third-order valence-corrected chi connectivity index (χ3v) is 5.45. The number of benzene rings is 2. The smallest absolute Gasteiger partial charge is 0.337 e. The molecule has 0 unspecified atom stereocenters. The van der Waals surface area contributed by atoms with Crippen LogP contribution >= 0.6 is 0 Å². The topological polar surface area (TPSA) is 88.1 Å². The van der Waals surface area contributed by atoms with Crippen LogP contribution in [0.1, 0.15) is 25.5 Å². The van der Waals surface area contributed by atoms with Crippen LogP contribution in [0.15, 0.2) is 70.5 Å². The highest BCUT2D eigenvalue weighted by Gasteiger charge is 2.24. The molecule has 170 valence electrons. The van der Waals surface area contributed by atoms with Crippen LogP contribution in [0, 0.1) is 5.82 Å². The van der Waals surface area contributed by atoms with Crippen molar-refractivity contribution in [1.82, 2.24) is 18.7 Å². The fraction of sp³-hybridized carbons (Fsp3) is 0.250. The van der Waals surface area contributed by atoms with E-state index in [4.69, 9.17) is 4.74 Å². The SMILES string of the molecule is CCOC(=O)[C@H](C)n1cnc2c1c(=O)n(CCc1ccccc1)c(=O)n2-c1ccc(F)cc1. The number of hydrogen-bond acceptors (Lipinski definition) is 5. The van der Waals surface area contributed by atoms with Crippen molar-refractivity contribution in [2.75, 3.05) is 6.61 Å². The molecule has 0 aliphatic rings. The van der Waals surface area contributed by atoms with Gasteiger partial charge in [0.2, 0.25) is 0 Å². The van der Waals surface area contributed by atoms with E-state index < -0.39 is 29.1 Å². The summed E-state index contributed by atoms with van der Waals surface area (Å²) >= 11 is 0. The van der Waals surface area contributed by atoms with E-state index in [9.17, 15) is 18.8 Å². The summed E-state index contributed by atoms with van der Waals surface area (Å²) in [5.74, 6) is -0.978. The van der Waals surface area contributed by atoms with E-state index in [0.29, 0.717) is 12.1 Å². The van der Waals surface area contributed by atoms with Crippen LogP contribution in [0.4, 0.5) is 4.39 Å². The zero-order chi connectivity index (χ0) is 23.5. The molecule has 2 aromatic heterocycles. The zero-order valence-corrected chi connectivity index (χ0v) is 18.3. The molecular formula is C24H23FN4O4. The van der Waals surface area contributed by atoms with Crippen molar-refractivity contribution in [3.05, 3.63) is 93.1 Å². The van der Waals surface area contributed by atoms with E-state index >= 15 is 0 Å². The van der Waals surface area contributed by atoms with Crippen molar-refractivity contribution < 1.29 is 13.9 Å². The summed E-state index contributed by atoms with van der Waals surface area (Å²) in [5.41, 5.74) is 0.345. The van der Waals surface area contributed by atoms with Crippen molar-refractivity contribution in [1.29, 1.82) is 0 Å². The number of nitrogens with zero attached hydrogens (tertiary/aromatic N) is 4. The third-order valence-electron chi connectivity index (χ3n) is 5.45. The summed E-state index contributed by atoms with van der Waals surface area (Å²) in [5, 5.41) is 0. The van der Waals surface area contributed by atoms with Crippen LogP contribution in [0.25, 0.3) is 16.9 Å². The van der Waals surface area contributed by atoms with Gasteiger partial charge in [-0.05, 0) is 50.1 Å². The van der Waals surface area contributed by atoms with Gasteiger partial charge in [0.1, 0.15) is 11.9 Å². The summed E-state index contributed by atoms with van der Waals surface area (Å²) in [4.78, 5) is 43.5. The number of aryl methyl sites for hydroxylation is 1. The molecule has 2 aromatic carbocycles. The maximum atomic E-state index is 13.5. The second-order valence-electron chi connectivity index (χ2n) is 7.54. The largest absolute Gasteiger partial charge is 0.464 e. The lowest BCUT2D eigenvalue weighted by Crippen LogP contribution is -2.41. The number of hydrogen-bond donors (Lipinski definition) is 0. The number of carbonyl (C=O) groups is 1. The molecule has 1 atom stereocenters. The van der Waals surface area contributed by atoms with Crippen LogP contribution in [0.2, 0.25) is 0 Å². The first-order valence-electron chi connectivity index (χ1n) is 10.6. The van der Waals surface area contributed by atoms with Gasteiger partial charge in [-0.25, -0.2) is 23.5 Å². The Hall–Kier alpha value is -4.01. The molecule has 0 saturated heterocycles. The molecule has 0 aliphatic carbocycles. The minimum absolute atomic E-state index is 0.0868. The average molecular weight is 450 g/mol. The van der Waals surface area contributed by atoms with E-state index in [1.807, 2.05) is 30.3 Å². The predicted molar refractivity (Wildman–Crippen MR) is 121 cm³/mol. The Morgan fingerprint density at radius 3 is 2.45 bits per heavy atom. The molecule has 4 rings (SSSR count). The number of fused-ring (bicyclic) bond motifs is 1. The fourth-order valence-corrected chi connectivity index (χ4v) is 3.72. The highest BCUT2D eigenvalue weighted by molar-refractivity contribution is 5.79. The number of aromatic nitrogens is 4. The Labute approximate surface area is 188 Å². The minimum atomic E-state index is -0.829. The van der Waals surface area contributed by atoms with Gasteiger partial charge in [-0.1, -0.05) is 30.3 Å². The van der Waals surface area contributed by atoms with Crippen molar-refractivity contribution in [2.24, 2.45) is 0 Å². The first kappa shape index (κ1) is 22.2. The fourth-order valence-electron chi connectivity index (χ4n) is 3.72. The number of esters is 1. The monoisotopic (exact) mass is 450 g/mol. The van der Waals surface area contributed by atoms with E-state index in [2.05, 4.69) is 4.98 Å². The van der Waals surface area contributed by atoms with E-state index in [1.54, 1.807) is 13.8 Å². The Kier molecular flexibility index (Phi) is 6.21. The van der Waals surface area contributed by atoms with Gasteiger partial charge in [0, 0.05) is 6.54 Å². The molecule has 0 radical (unpaired) electrons. The predicted octanol–water partition coefficient (Wildman–Crippen LogP) is 2.85. The van der Waals surface area contributed by atoms with Crippen LogP contribution in [-0.2, 0) is 22.5 Å². The van der Waals surface area contributed by atoms with Crippen LogP contribution in [0.5, 0.6) is 0 Å². The number of imidazole rings is 1. The molecule has 33 heavy (non-hydrogen) atoms. The maximum absolute atomic E-state index is 13.5. The molecule has 0 bridgehead atoms. The highest BCUT2D eigenvalue weighted by atomic mass is 19.1. The molecule has 4 aromatic rings. The van der Waals surface area contributed by atoms with Crippen molar-refractivity contribution in [3.8, 4) is 5.69 Å². The maximum Gasteiger partial charge on any atom is 0.337 e. The van der Waals surface area contributed by atoms with Crippen LogP contribution in [0.3, 0.4) is 0 Å². The van der Waals surface area contributed by atoms with E-state index in [1.165, 1.54) is 39.7 Å². The molecule has 0 amide bonds. The highest BCUT2D eigenvalue weighted by Crippen LogP contribution is 2.18. The molecule has 0 spiro atoms. The number of rotatable bonds is 7. The Balaban J connectivity index is 1.93. The summed E-state index contributed by atoms with van der Waals surface area (Å²) in [6, 6.07) is 14.0. The average Bonchev–Trinajstić information content (AvgIpc) is 3.25. The molecule has 9 heteroatoms. The summed E-state index contributed by atoms with van der Waals surface area (Å²) in [6.45, 7) is 3.61. The second kappa shape index (κ2) is 9.23. The number of halogens is 1.